The smallest absolute Gasteiger partial charge is 0.272 e. The van der Waals surface area contributed by atoms with Gasteiger partial charge in [0.05, 0.1) is 4.92 Å². The van der Waals surface area contributed by atoms with Crippen LogP contribution in [0.4, 0.5) is 11.4 Å². The number of hydrogen-bond donors (Lipinski definition) is 1. The number of aryl methyl sites for hydroxylation is 2. The molecule has 0 amide bonds. The lowest BCUT2D eigenvalue weighted by Gasteiger charge is -2.06. The number of nitrogens with two attached hydrogens (primary N) is 1. The molecule has 0 aliphatic carbocycles. The van der Waals surface area contributed by atoms with Gasteiger partial charge in [-0.3, -0.25) is 10.1 Å². The molecule has 2 rings (SSSR count). The summed E-state index contributed by atoms with van der Waals surface area (Å²) in [7, 11) is 0. The predicted molar refractivity (Wildman–Crippen MR) is 77.5 cm³/mol. The number of nitro benzene ring substituents is 1. The summed E-state index contributed by atoms with van der Waals surface area (Å²) in [5, 5.41) is 10.8. The summed E-state index contributed by atoms with van der Waals surface area (Å²) >= 11 is 1.47. The molecule has 0 aromatic heterocycles. The molecule has 0 fully saturated rings. The van der Waals surface area contributed by atoms with E-state index < -0.39 is 4.92 Å². The van der Waals surface area contributed by atoms with Gasteiger partial charge in [0, 0.05) is 27.6 Å². The molecule has 0 spiro atoms. The highest BCUT2D eigenvalue weighted by Gasteiger charge is 2.09. The lowest BCUT2D eigenvalue weighted by Crippen LogP contribution is -1.92. The fourth-order valence-electron chi connectivity index (χ4n) is 1.68. The fourth-order valence-corrected chi connectivity index (χ4v) is 2.70. The number of nitrogens with zero attached hydrogens (tertiary/aromatic N) is 1. The molecule has 2 aromatic rings. The summed E-state index contributed by atoms with van der Waals surface area (Å²) in [4.78, 5) is 12.2. The van der Waals surface area contributed by atoms with Crippen LogP contribution in [0.25, 0.3) is 0 Å². The summed E-state index contributed by atoms with van der Waals surface area (Å²) in [5.74, 6) is 0. The molecule has 0 heterocycles. The summed E-state index contributed by atoms with van der Waals surface area (Å²) < 4.78 is 0. The number of hydrogen-bond acceptors (Lipinski definition) is 4. The Balaban J connectivity index is 2.32. The van der Waals surface area contributed by atoms with E-state index in [9.17, 15) is 10.1 Å². The van der Waals surface area contributed by atoms with Crippen molar-refractivity contribution in [2.75, 3.05) is 5.73 Å². The largest absolute Gasteiger partial charge is 0.398 e. The Labute approximate surface area is 115 Å². The topological polar surface area (TPSA) is 69.2 Å². The molecule has 0 unspecified atom stereocenters. The van der Waals surface area contributed by atoms with Gasteiger partial charge in [-0.05, 0) is 43.2 Å². The Morgan fingerprint density at radius 1 is 1.05 bits per heavy atom. The molecule has 0 bridgehead atoms. The average Bonchev–Trinajstić information content (AvgIpc) is 2.33. The van der Waals surface area contributed by atoms with E-state index in [1.54, 1.807) is 6.07 Å². The number of benzene rings is 2. The first-order chi connectivity index (χ1) is 8.95. The van der Waals surface area contributed by atoms with Gasteiger partial charge in [-0.1, -0.05) is 17.8 Å². The van der Waals surface area contributed by atoms with Crippen LogP contribution in [0, 0.1) is 24.0 Å². The summed E-state index contributed by atoms with van der Waals surface area (Å²) in [5.41, 5.74) is 8.53. The first-order valence-corrected chi connectivity index (χ1v) is 6.57. The average molecular weight is 274 g/mol. The Kier molecular flexibility index (Phi) is 3.76. The van der Waals surface area contributed by atoms with Crippen molar-refractivity contribution in [3.63, 3.8) is 0 Å². The number of nitrogen functional groups attached to an aromatic ring is 1. The molecule has 2 N–H and O–H groups in total. The molecule has 0 saturated carbocycles. The second-order valence-corrected chi connectivity index (χ2v) is 5.51. The van der Waals surface area contributed by atoms with Crippen LogP contribution in [0.3, 0.4) is 0 Å². The van der Waals surface area contributed by atoms with Crippen LogP contribution in [0.15, 0.2) is 46.2 Å². The number of non-ortho nitro benzene ring substituents is 1. The van der Waals surface area contributed by atoms with Crippen LogP contribution in [0.2, 0.25) is 0 Å². The maximum Gasteiger partial charge on any atom is 0.272 e. The normalized spacial score (nSPS) is 10.4. The highest BCUT2D eigenvalue weighted by Crippen LogP contribution is 2.32. The Bertz CT molecular complexity index is 641. The van der Waals surface area contributed by atoms with Crippen molar-refractivity contribution in [1.82, 2.24) is 0 Å². The Hall–Kier alpha value is -2.01. The highest BCUT2D eigenvalue weighted by atomic mass is 32.2. The van der Waals surface area contributed by atoms with Crippen LogP contribution in [-0.2, 0) is 0 Å². The second kappa shape index (κ2) is 5.32. The maximum absolute atomic E-state index is 10.8. The molecule has 0 atom stereocenters. The molecule has 19 heavy (non-hydrogen) atoms. The molecule has 98 valence electrons. The van der Waals surface area contributed by atoms with Gasteiger partial charge in [0.1, 0.15) is 0 Å². The van der Waals surface area contributed by atoms with Crippen molar-refractivity contribution in [1.29, 1.82) is 0 Å². The highest BCUT2D eigenvalue weighted by molar-refractivity contribution is 7.99. The van der Waals surface area contributed by atoms with Gasteiger partial charge in [0.2, 0.25) is 0 Å². The van der Waals surface area contributed by atoms with Crippen molar-refractivity contribution in [2.24, 2.45) is 0 Å². The van der Waals surface area contributed by atoms with E-state index in [4.69, 9.17) is 5.73 Å². The third kappa shape index (κ3) is 3.26. The Morgan fingerprint density at radius 2 is 1.79 bits per heavy atom. The summed E-state index contributed by atoms with van der Waals surface area (Å²) in [6.45, 7) is 4.09. The lowest BCUT2D eigenvalue weighted by atomic mass is 10.1. The van der Waals surface area contributed by atoms with Crippen molar-refractivity contribution in [3.8, 4) is 0 Å². The van der Waals surface area contributed by atoms with E-state index in [1.165, 1.54) is 35.0 Å². The van der Waals surface area contributed by atoms with Gasteiger partial charge in [0.15, 0.2) is 0 Å². The van der Waals surface area contributed by atoms with E-state index >= 15 is 0 Å². The second-order valence-electron chi connectivity index (χ2n) is 4.37. The SMILES string of the molecule is Cc1ccc(Sc2cc(N)cc([N+](=O)[O-])c2)cc1C. The molecule has 4 nitrogen and oxygen atoms in total. The molecular weight excluding hydrogens is 260 g/mol. The lowest BCUT2D eigenvalue weighted by molar-refractivity contribution is -0.385. The fraction of sp³-hybridized carbons (Fsp3) is 0.143. The molecule has 0 aliphatic heterocycles. The van der Waals surface area contributed by atoms with E-state index in [2.05, 4.69) is 13.0 Å². The van der Waals surface area contributed by atoms with E-state index in [0.29, 0.717) is 5.69 Å². The first-order valence-electron chi connectivity index (χ1n) is 5.76. The zero-order chi connectivity index (χ0) is 14.0. The van der Waals surface area contributed by atoms with Crippen molar-refractivity contribution < 1.29 is 4.92 Å². The van der Waals surface area contributed by atoms with Crippen LogP contribution >= 0.6 is 11.8 Å². The van der Waals surface area contributed by atoms with Crippen LogP contribution in [0.1, 0.15) is 11.1 Å². The van der Waals surface area contributed by atoms with Crippen molar-refractivity contribution in [2.45, 2.75) is 23.6 Å². The molecule has 0 saturated heterocycles. The Morgan fingerprint density at radius 3 is 2.42 bits per heavy atom. The molecule has 0 aliphatic rings. The predicted octanol–water partition coefficient (Wildman–Crippen LogP) is 3.95. The van der Waals surface area contributed by atoms with E-state index in [-0.39, 0.29) is 5.69 Å². The van der Waals surface area contributed by atoms with Crippen LogP contribution < -0.4 is 5.73 Å². The van der Waals surface area contributed by atoms with Gasteiger partial charge < -0.3 is 5.73 Å². The number of anilines is 1. The molecule has 0 radical (unpaired) electrons. The van der Waals surface area contributed by atoms with Gasteiger partial charge >= 0.3 is 0 Å². The van der Waals surface area contributed by atoms with Crippen molar-refractivity contribution >= 4 is 23.1 Å². The molecular formula is C14H14N2O2S. The monoisotopic (exact) mass is 274 g/mol. The summed E-state index contributed by atoms with van der Waals surface area (Å²) in [6.07, 6.45) is 0. The van der Waals surface area contributed by atoms with Gasteiger partial charge in [-0.2, -0.15) is 0 Å². The minimum atomic E-state index is -0.430. The minimum Gasteiger partial charge on any atom is -0.398 e. The number of nitro groups is 1. The third-order valence-electron chi connectivity index (χ3n) is 2.84. The minimum absolute atomic E-state index is 0.0198. The molecule has 5 heteroatoms. The zero-order valence-corrected chi connectivity index (χ0v) is 11.5. The van der Waals surface area contributed by atoms with Gasteiger partial charge in [-0.25, -0.2) is 0 Å². The zero-order valence-electron chi connectivity index (χ0n) is 10.7. The quantitative estimate of drug-likeness (QED) is 0.523. The van der Waals surface area contributed by atoms with Gasteiger partial charge in [0.25, 0.3) is 5.69 Å². The van der Waals surface area contributed by atoms with Crippen LogP contribution in [-0.4, -0.2) is 4.92 Å². The van der Waals surface area contributed by atoms with E-state index in [0.717, 1.165) is 9.79 Å². The summed E-state index contributed by atoms with van der Waals surface area (Å²) in [6, 6.07) is 10.8. The molecule has 2 aromatic carbocycles. The first kappa shape index (κ1) is 13.4. The van der Waals surface area contributed by atoms with Crippen LogP contribution in [0.5, 0.6) is 0 Å². The standard InChI is InChI=1S/C14H14N2O2S/c1-9-3-4-13(5-10(9)2)19-14-7-11(15)6-12(8-14)16(17)18/h3-8H,15H2,1-2H3. The van der Waals surface area contributed by atoms with Crippen molar-refractivity contribution in [3.05, 3.63) is 57.6 Å². The maximum atomic E-state index is 10.8. The van der Waals surface area contributed by atoms with Gasteiger partial charge in [-0.15, -0.1) is 0 Å². The third-order valence-corrected chi connectivity index (χ3v) is 3.80. The van der Waals surface area contributed by atoms with E-state index in [1.807, 2.05) is 19.1 Å². The number of rotatable bonds is 3.